The van der Waals surface area contributed by atoms with Crippen molar-refractivity contribution in [2.24, 2.45) is 5.92 Å². The van der Waals surface area contributed by atoms with Gasteiger partial charge in [-0.15, -0.1) is 0 Å². The summed E-state index contributed by atoms with van der Waals surface area (Å²) >= 11 is 0. The maximum absolute atomic E-state index is 14.8. The molecule has 3 aliphatic heterocycles. The van der Waals surface area contributed by atoms with E-state index in [1.54, 1.807) is 18.9 Å². The van der Waals surface area contributed by atoms with E-state index in [0.29, 0.717) is 24.3 Å². The van der Waals surface area contributed by atoms with Gasteiger partial charge in [-0.1, -0.05) is 61.7 Å². The molecule has 3 fully saturated rings. The Morgan fingerprint density at radius 2 is 1.78 bits per heavy atom. The number of amides is 2. The van der Waals surface area contributed by atoms with Gasteiger partial charge in [-0.05, 0) is 70.7 Å². The van der Waals surface area contributed by atoms with Crippen LogP contribution in [0.2, 0.25) is 0 Å². The van der Waals surface area contributed by atoms with Gasteiger partial charge in [0.2, 0.25) is 11.8 Å². The van der Waals surface area contributed by atoms with Crippen molar-refractivity contribution in [2.45, 2.75) is 94.9 Å². The van der Waals surface area contributed by atoms with Gasteiger partial charge in [-0.2, -0.15) is 0 Å². The standard InChI is InChI=1S/C41H50N4O6/c1-3-50-40(48)41-26-29(41)17-11-5-4-6-12-18-35(44-21-13-8-14-22-44)39(47)45-27-31(24-36(45)38(46)43-41)51-37-25-33(28-15-9-7-10-16-28)42-34-23-30(49-2)19-20-32(34)37/h7,9-11,15-17,19-20,23,25,29,31,35-36H,3-6,8,12-14,18,21-22,24,26-27H2,1-2H3,(H,43,46)/b17-11-/t29-,31+,35-,36-,41-/m0/s1. The fourth-order valence-electron chi connectivity index (χ4n) is 8.15. The van der Waals surface area contributed by atoms with Crippen LogP contribution in [0.25, 0.3) is 22.2 Å². The largest absolute Gasteiger partial charge is 0.497 e. The molecule has 7 rings (SSSR count). The molecule has 2 amide bonds. The summed E-state index contributed by atoms with van der Waals surface area (Å²) in [7, 11) is 1.63. The van der Waals surface area contributed by atoms with Crippen LogP contribution in [0.15, 0.2) is 66.7 Å². The van der Waals surface area contributed by atoms with Gasteiger partial charge >= 0.3 is 5.97 Å². The van der Waals surface area contributed by atoms with Crippen molar-refractivity contribution in [3.8, 4) is 22.8 Å². The van der Waals surface area contributed by atoms with Gasteiger partial charge in [0.1, 0.15) is 29.2 Å². The molecule has 10 nitrogen and oxygen atoms in total. The molecule has 5 atom stereocenters. The fraction of sp³-hybridized carbons (Fsp3) is 0.512. The Bertz CT molecular complexity index is 1760. The highest BCUT2D eigenvalue weighted by molar-refractivity contribution is 5.96. The topological polar surface area (TPSA) is 110 Å². The van der Waals surface area contributed by atoms with Crippen molar-refractivity contribution in [1.29, 1.82) is 0 Å². The maximum atomic E-state index is 14.8. The van der Waals surface area contributed by atoms with E-state index in [1.807, 2.05) is 54.6 Å². The molecule has 2 aromatic carbocycles. The van der Waals surface area contributed by atoms with Crippen LogP contribution in [0.1, 0.15) is 71.1 Å². The normalized spacial score (nSPS) is 28.1. The number of aromatic nitrogens is 1. The summed E-state index contributed by atoms with van der Waals surface area (Å²) in [6, 6.07) is 16.5. The van der Waals surface area contributed by atoms with E-state index in [0.717, 1.165) is 80.2 Å². The number of methoxy groups -OCH3 is 1. The number of piperidine rings is 1. The highest BCUT2D eigenvalue weighted by Gasteiger charge is 2.62. The first kappa shape index (κ1) is 35.0. The van der Waals surface area contributed by atoms with Crippen LogP contribution >= 0.6 is 0 Å². The summed E-state index contributed by atoms with van der Waals surface area (Å²) in [6.07, 6.45) is 12.5. The van der Waals surface area contributed by atoms with E-state index in [4.69, 9.17) is 19.2 Å². The molecule has 0 unspecified atom stereocenters. The first-order valence-electron chi connectivity index (χ1n) is 18.8. The second-order valence-corrected chi connectivity index (χ2v) is 14.4. The van der Waals surface area contributed by atoms with Gasteiger partial charge in [-0.3, -0.25) is 14.5 Å². The molecule has 0 bridgehead atoms. The molecule has 4 heterocycles. The van der Waals surface area contributed by atoms with Crippen LogP contribution in [0, 0.1) is 5.92 Å². The number of ether oxygens (including phenoxy) is 3. The van der Waals surface area contributed by atoms with E-state index in [2.05, 4.69) is 22.4 Å². The molecular formula is C41H50N4O6. The van der Waals surface area contributed by atoms with Crippen LogP contribution in [-0.2, 0) is 19.1 Å². The molecule has 1 aromatic heterocycles. The zero-order valence-corrected chi connectivity index (χ0v) is 29.9. The van der Waals surface area contributed by atoms with Crippen molar-refractivity contribution in [3.63, 3.8) is 0 Å². The minimum absolute atomic E-state index is 0.0250. The number of esters is 1. The van der Waals surface area contributed by atoms with Crippen molar-refractivity contribution in [1.82, 2.24) is 20.1 Å². The Morgan fingerprint density at radius 1 is 0.980 bits per heavy atom. The average molecular weight is 695 g/mol. The Hall–Kier alpha value is -4.44. The quantitative estimate of drug-likeness (QED) is 0.235. The third-order valence-electron chi connectivity index (χ3n) is 11.0. The highest BCUT2D eigenvalue weighted by atomic mass is 16.5. The molecular weight excluding hydrogens is 644 g/mol. The number of rotatable bonds is 7. The molecule has 10 heteroatoms. The Kier molecular flexibility index (Phi) is 10.6. The summed E-state index contributed by atoms with van der Waals surface area (Å²) in [5.74, 6) is 0.404. The molecule has 1 aliphatic carbocycles. The Morgan fingerprint density at radius 3 is 2.57 bits per heavy atom. The molecule has 1 saturated carbocycles. The maximum Gasteiger partial charge on any atom is 0.332 e. The second-order valence-electron chi connectivity index (χ2n) is 14.4. The number of nitrogens with zero attached hydrogens (tertiary/aromatic N) is 3. The average Bonchev–Trinajstić information content (AvgIpc) is 3.69. The lowest BCUT2D eigenvalue weighted by molar-refractivity contribution is -0.150. The van der Waals surface area contributed by atoms with Crippen LogP contribution in [-0.4, -0.2) is 89.6 Å². The zero-order chi connectivity index (χ0) is 35.4. The minimum Gasteiger partial charge on any atom is -0.497 e. The number of hydrogen-bond acceptors (Lipinski definition) is 8. The lowest BCUT2D eigenvalue weighted by atomic mass is 10.0. The molecule has 1 N–H and O–H groups in total. The van der Waals surface area contributed by atoms with Crippen LogP contribution in [0.4, 0.5) is 0 Å². The number of allylic oxidation sites excluding steroid dienone is 1. The van der Waals surface area contributed by atoms with E-state index < -0.39 is 23.7 Å². The molecule has 0 radical (unpaired) electrons. The third-order valence-corrected chi connectivity index (χ3v) is 11.0. The second kappa shape index (κ2) is 15.4. The lowest BCUT2D eigenvalue weighted by Crippen LogP contribution is -2.57. The van der Waals surface area contributed by atoms with Gasteiger partial charge in [0.05, 0.1) is 37.5 Å². The van der Waals surface area contributed by atoms with E-state index in [-0.39, 0.29) is 36.9 Å². The monoisotopic (exact) mass is 694 g/mol. The van der Waals surface area contributed by atoms with Crippen molar-refractivity contribution in [2.75, 3.05) is 33.4 Å². The van der Waals surface area contributed by atoms with Crippen molar-refractivity contribution >= 4 is 28.7 Å². The SMILES string of the molecule is CCOC(=O)[C@]12C[C@@H]1/C=C\CCCCC[C@H](N1CCCCC1)C(=O)N1C[C@H](Oc3cc(-c4ccccc4)nc4cc(OC)ccc34)C[C@H]1C(=O)N2. The predicted octanol–water partition coefficient (Wildman–Crippen LogP) is 6.07. The Labute approximate surface area is 300 Å². The summed E-state index contributed by atoms with van der Waals surface area (Å²) < 4.78 is 17.8. The van der Waals surface area contributed by atoms with E-state index in [1.165, 1.54) is 6.42 Å². The predicted molar refractivity (Wildman–Crippen MR) is 195 cm³/mol. The Balaban J connectivity index is 1.23. The number of fused-ring (bicyclic) bond motifs is 3. The molecule has 270 valence electrons. The minimum atomic E-state index is -1.12. The number of carbonyl (C=O) groups excluding carboxylic acids is 3. The number of likely N-dealkylation sites (tertiary alicyclic amines) is 1. The summed E-state index contributed by atoms with van der Waals surface area (Å²) in [5.41, 5.74) is 1.31. The van der Waals surface area contributed by atoms with Crippen LogP contribution < -0.4 is 14.8 Å². The van der Waals surface area contributed by atoms with Gasteiger partial charge < -0.3 is 24.4 Å². The lowest BCUT2D eigenvalue weighted by Gasteiger charge is -2.37. The first-order chi connectivity index (χ1) is 24.9. The number of nitrogens with one attached hydrogen (secondary N) is 1. The van der Waals surface area contributed by atoms with E-state index >= 15 is 0 Å². The first-order valence-corrected chi connectivity index (χ1v) is 18.8. The summed E-state index contributed by atoms with van der Waals surface area (Å²) in [4.78, 5) is 51.5. The van der Waals surface area contributed by atoms with Crippen molar-refractivity contribution < 1.29 is 28.6 Å². The number of carbonyl (C=O) groups is 3. The van der Waals surface area contributed by atoms with Gasteiger partial charge in [0, 0.05) is 35.4 Å². The third kappa shape index (κ3) is 7.47. The highest BCUT2D eigenvalue weighted by Crippen LogP contribution is 2.46. The molecule has 0 spiro atoms. The smallest absolute Gasteiger partial charge is 0.332 e. The van der Waals surface area contributed by atoms with Crippen LogP contribution in [0.5, 0.6) is 11.5 Å². The van der Waals surface area contributed by atoms with Gasteiger partial charge in [-0.25, -0.2) is 9.78 Å². The molecule has 51 heavy (non-hydrogen) atoms. The zero-order valence-electron chi connectivity index (χ0n) is 29.9. The number of pyridine rings is 1. The summed E-state index contributed by atoms with van der Waals surface area (Å²) in [5, 5.41) is 3.93. The fourth-order valence-corrected chi connectivity index (χ4v) is 8.15. The molecule has 3 aromatic rings. The van der Waals surface area contributed by atoms with Gasteiger partial charge in [0.15, 0.2) is 0 Å². The molecule has 4 aliphatic rings. The van der Waals surface area contributed by atoms with Crippen molar-refractivity contribution in [3.05, 3.63) is 66.7 Å². The summed E-state index contributed by atoms with van der Waals surface area (Å²) in [6.45, 7) is 4.03. The number of hydrogen-bond donors (Lipinski definition) is 1. The van der Waals surface area contributed by atoms with E-state index in [9.17, 15) is 14.4 Å². The van der Waals surface area contributed by atoms with Gasteiger partial charge in [0.25, 0.3) is 0 Å². The number of benzene rings is 2. The van der Waals surface area contributed by atoms with Crippen LogP contribution in [0.3, 0.4) is 0 Å². The molecule has 2 saturated heterocycles.